The summed E-state index contributed by atoms with van der Waals surface area (Å²) in [6.45, 7) is 5.61. The molecule has 3 heteroatoms. The second-order valence-electron chi connectivity index (χ2n) is 2.20. The predicted molar refractivity (Wildman–Crippen MR) is 35.2 cm³/mol. The summed E-state index contributed by atoms with van der Waals surface area (Å²) >= 11 is 0. The molecule has 1 N–H and O–H groups in total. The summed E-state index contributed by atoms with van der Waals surface area (Å²) in [6.07, 6.45) is 0.823. The molecule has 0 fully saturated rings. The second kappa shape index (κ2) is 4.77. The normalized spacial score (nSPS) is 10.5. The zero-order valence-electron chi connectivity index (χ0n) is 5.06. The van der Waals surface area contributed by atoms with E-state index in [0.717, 1.165) is 6.42 Å². The molecule has 46 valence electrons. The molecule has 0 unspecified atom stereocenters. The van der Waals surface area contributed by atoms with Gasteiger partial charge in [-0.15, -0.1) is 0 Å². The average Bonchev–Trinajstić information content (AvgIpc) is 1.68. The molecule has 0 aromatic carbocycles. The molecule has 0 aliphatic carbocycles. The third-order valence-electron chi connectivity index (χ3n) is 1.10. The first kappa shape index (κ1) is 11.7. The van der Waals surface area contributed by atoms with Crippen LogP contribution in [0.1, 0.15) is 27.2 Å². The van der Waals surface area contributed by atoms with Gasteiger partial charge in [-0.2, -0.15) is 0 Å². The number of hydrogen-bond acceptors (Lipinski definition) is 2. The summed E-state index contributed by atoms with van der Waals surface area (Å²) in [7, 11) is 0. The quantitative estimate of drug-likeness (QED) is 0.342. The molecule has 0 radical (unpaired) electrons. The molecule has 2 nitrogen and oxygen atoms in total. The number of hydrogen-bond donors (Lipinski definition) is 1. The van der Waals surface area contributed by atoms with Crippen LogP contribution in [0.2, 0.25) is 0 Å². The van der Waals surface area contributed by atoms with Crippen LogP contribution >= 0.6 is 0 Å². The van der Waals surface area contributed by atoms with E-state index >= 15 is 0 Å². The van der Waals surface area contributed by atoms with Crippen LogP contribution in [0, 0.1) is 0 Å². The van der Waals surface area contributed by atoms with Crippen LogP contribution in [-0.2, 0) is 4.89 Å². The Balaban J connectivity index is 0. The van der Waals surface area contributed by atoms with Crippen molar-refractivity contribution in [3.05, 3.63) is 0 Å². The Hall–Kier alpha value is 0.920. The van der Waals surface area contributed by atoms with Gasteiger partial charge in [0.2, 0.25) is 0 Å². The Kier molecular flexibility index (Phi) is 6.96. The molecule has 0 atom stereocenters. The Morgan fingerprint density at radius 2 is 1.88 bits per heavy atom. The van der Waals surface area contributed by atoms with Gasteiger partial charge in [0.25, 0.3) is 0 Å². The maximum atomic E-state index is 8.09. The van der Waals surface area contributed by atoms with E-state index in [4.69, 9.17) is 5.26 Å². The summed E-state index contributed by atoms with van der Waals surface area (Å²) in [5, 5.41) is 8.09. The molecule has 0 spiro atoms. The fourth-order valence-electron chi connectivity index (χ4n) is 0.0645. The van der Waals surface area contributed by atoms with Gasteiger partial charge in [-0.05, 0) is 20.3 Å². The maximum absolute atomic E-state index is 8.09. The summed E-state index contributed by atoms with van der Waals surface area (Å²) in [5.74, 6) is 0. The van der Waals surface area contributed by atoms with E-state index in [1.54, 1.807) is 0 Å². The van der Waals surface area contributed by atoms with Gasteiger partial charge in [-0.3, -0.25) is 5.26 Å². The van der Waals surface area contributed by atoms with Crippen molar-refractivity contribution in [2.45, 2.75) is 32.8 Å². The van der Waals surface area contributed by atoms with Gasteiger partial charge in [0.1, 0.15) is 0 Å². The fourth-order valence-corrected chi connectivity index (χ4v) is 0.0645. The van der Waals surface area contributed by atoms with Crippen molar-refractivity contribution in [1.82, 2.24) is 0 Å². The monoisotopic (exact) mass is 128 g/mol. The molecule has 0 aromatic rings. The van der Waals surface area contributed by atoms with Crippen LogP contribution in [0.5, 0.6) is 0 Å². The van der Waals surface area contributed by atoms with Crippen molar-refractivity contribution < 1.29 is 10.1 Å². The SMILES string of the molecule is CCC(C)(C)OO.[NaH]. The first-order chi connectivity index (χ1) is 3.12. The Morgan fingerprint density at radius 1 is 1.50 bits per heavy atom. The van der Waals surface area contributed by atoms with Gasteiger partial charge in [-0.1, -0.05) is 6.92 Å². The van der Waals surface area contributed by atoms with Gasteiger partial charge in [-0.25, -0.2) is 4.89 Å². The van der Waals surface area contributed by atoms with E-state index in [1.165, 1.54) is 0 Å². The Morgan fingerprint density at radius 3 is 1.88 bits per heavy atom. The molecule has 0 saturated carbocycles. The molecule has 0 saturated heterocycles. The predicted octanol–water partition coefficient (Wildman–Crippen LogP) is 1.02. The summed E-state index contributed by atoms with van der Waals surface area (Å²) in [5.41, 5.74) is -0.361. The first-order valence-electron chi connectivity index (χ1n) is 2.45. The fraction of sp³-hybridized carbons (Fsp3) is 1.00. The van der Waals surface area contributed by atoms with Crippen molar-refractivity contribution in [3.63, 3.8) is 0 Å². The van der Waals surface area contributed by atoms with Crippen molar-refractivity contribution in [2.24, 2.45) is 0 Å². The summed E-state index contributed by atoms with van der Waals surface area (Å²) in [4.78, 5) is 4.09. The number of rotatable bonds is 2. The van der Waals surface area contributed by atoms with E-state index in [9.17, 15) is 0 Å². The molecular formula is C5H13NaO2. The van der Waals surface area contributed by atoms with Gasteiger partial charge in [0.05, 0.1) is 5.60 Å². The van der Waals surface area contributed by atoms with E-state index in [-0.39, 0.29) is 35.2 Å². The van der Waals surface area contributed by atoms with Crippen LogP contribution in [0.3, 0.4) is 0 Å². The molecule has 0 amide bonds. The zero-order chi connectivity index (χ0) is 5.91. The molecule has 0 rings (SSSR count). The Bertz CT molecular complexity index is 48.4. The van der Waals surface area contributed by atoms with Crippen LogP contribution in [0.15, 0.2) is 0 Å². The van der Waals surface area contributed by atoms with Gasteiger partial charge < -0.3 is 0 Å². The van der Waals surface area contributed by atoms with E-state index < -0.39 is 0 Å². The Labute approximate surface area is 72.4 Å². The summed E-state index contributed by atoms with van der Waals surface area (Å²) < 4.78 is 0. The van der Waals surface area contributed by atoms with E-state index in [2.05, 4.69) is 4.89 Å². The molecular weight excluding hydrogens is 115 g/mol. The summed E-state index contributed by atoms with van der Waals surface area (Å²) in [6, 6.07) is 0. The van der Waals surface area contributed by atoms with Gasteiger partial charge in [0, 0.05) is 0 Å². The van der Waals surface area contributed by atoms with Crippen molar-refractivity contribution in [3.8, 4) is 0 Å². The van der Waals surface area contributed by atoms with Crippen LogP contribution in [0.4, 0.5) is 0 Å². The first-order valence-corrected chi connectivity index (χ1v) is 2.45. The van der Waals surface area contributed by atoms with Crippen LogP contribution in [-0.4, -0.2) is 40.4 Å². The topological polar surface area (TPSA) is 29.5 Å². The zero-order valence-corrected chi connectivity index (χ0v) is 5.06. The average molecular weight is 128 g/mol. The van der Waals surface area contributed by atoms with E-state index in [1.807, 2.05) is 20.8 Å². The minimum atomic E-state index is -0.361. The molecule has 0 bridgehead atoms. The van der Waals surface area contributed by atoms with Crippen LogP contribution in [0.25, 0.3) is 0 Å². The molecule has 0 aliphatic heterocycles. The van der Waals surface area contributed by atoms with E-state index in [0.29, 0.717) is 0 Å². The van der Waals surface area contributed by atoms with Gasteiger partial charge >= 0.3 is 29.6 Å². The van der Waals surface area contributed by atoms with Gasteiger partial charge in [0.15, 0.2) is 0 Å². The van der Waals surface area contributed by atoms with Crippen molar-refractivity contribution in [1.29, 1.82) is 0 Å². The molecule has 0 aromatic heterocycles. The second-order valence-corrected chi connectivity index (χ2v) is 2.20. The molecule has 0 heterocycles. The third kappa shape index (κ3) is 5.06. The van der Waals surface area contributed by atoms with Crippen molar-refractivity contribution >= 4 is 29.6 Å². The minimum absolute atomic E-state index is 0. The third-order valence-corrected chi connectivity index (χ3v) is 1.10. The molecule has 0 aliphatic rings. The standard InChI is InChI=1S/C5H12O2.Na.H/c1-4-5(2,3)7-6;;/h6H,4H2,1-3H3;;. The molecule has 8 heavy (non-hydrogen) atoms. The van der Waals surface area contributed by atoms with Crippen molar-refractivity contribution in [2.75, 3.05) is 0 Å². The van der Waals surface area contributed by atoms with Crippen LogP contribution < -0.4 is 0 Å².